The Morgan fingerprint density at radius 2 is 1.81 bits per heavy atom. The predicted molar refractivity (Wildman–Crippen MR) is 79.6 cm³/mol. The highest BCUT2D eigenvalue weighted by Gasteiger charge is 2.14. The summed E-state index contributed by atoms with van der Waals surface area (Å²) >= 11 is 5.69. The maximum Gasteiger partial charge on any atom is 0.175 e. The Morgan fingerprint density at radius 3 is 2.38 bits per heavy atom. The van der Waals surface area contributed by atoms with Crippen molar-refractivity contribution in [3.63, 3.8) is 0 Å². The Kier molecular flexibility index (Phi) is 4.66. The second kappa shape index (κ2) is 6.13. The molecular weight excluding hydrogens is 315 g/mol. The topological polar surface area (TPSA) is 54.4 Å². The lowest BCUT2D eigenvalue weighted by atomic mass is 10.0. The van der Waals surface area contributed by atoms with E-state index >= 15 is 0 Å². The first-order valence-electron chi connectivity index (χ1n) is 6.20. The van der Waals surface area contributed by atoms with Crippen molar-refractivity contribution < 1.29 is 17.9 Å². The van der Waals surface area contributed by atoms with E-state index in [9.17, 15) is 17.9 Å². The van der Waals surface area contributed by atoms with E-state index < -0.39 is 21.8 Å². The fraction of sp³-hybridized carbons (Fsp3) is 0.200. The van der Waals surface area contributed by atoms with Crippen LogP contribution in [0.15, 0.2) is 47.4 Å². The van der Waals surface area contributed by atoms with Crippen LogP contribution >= 0.6 is 11.6 Å². The highest BCUT2D eigenvalue weighted by Crippen LogP contribution is 2.24. The molecule has 0 spiro atoms. The SMILES string of the molecule is CS(=O)(=O)c1ccc(C(O)Cc2cccc(Cl)c2F)cc1. The first kappa shape index (κ1) is 15.9. The van der Waals surface area contributed by atoms with Crippen LogP contribution in [0, 0.1) is 5.82 Å². The molecule has 0 saturated carbocycles. The van der Waals surface area contributed by atoms with Gasteiger partial charge in [0, 0.05) is 12.7 Å². The van der Waals surface area contributed by atoms with Gasteiger partial charge < -0.3 is 5.11 Å². The van der Waals surface area contributed by atoms with Gasteiger partial charge in [-0.1, -0.05) is 35.9 Å². The summed E-state index contributed by atoms with van der Waals surface area (Å²) in [5.41, 5.74) is 0.823. The molecule has 0 fully saturated rings. The minimum Gasteiger partial charge on any atom is -0.388 e. The van der Waals surface area contributed by atoms with Crippen molar-refractivity contribution >= 4 is 21.4 Å². The molecule has 0 amide bonds. The molecule has 2 aromatic carbocycles. The van der Waals surface area contributed by atoms with Crippen LogP contribution in [0.2, 0.25) is 5.02 Å². The molecule has 0 aliphatic rings. The number of hydrogen-bond acceptors (Lipinski definition) is 3. The molecular formula is C15H14ClFO3S. The minimum absolute atomic E-state index is 0.00660. The summed E-state index contributed by atoms with van der Waals surface area (Å²) in [5.74, 6) is -0.550. The molecule has 0 radical (unpaired) electrons. The van der Waals surface area contributed by atoms with Crippen molar-refractivity contribution in [2.75, 3.05) is 6.26 Å². The van der Waals surface area contributed by atoms with E-state index in [4.69, 9.17) is 11.6 Å². The van der Waals surface area contributed by atoms with Crippen LogP contribution in [-0.2, 0) is 16.3 Å². The van der Waals surface area contributed by atoms with Crippen LogP contribution in [0.5, 0.6) is 0 Å². The lowest BCUT2D eigenvalue weighted by Gasteiger charge is -2.12. The Morgan fingerprint density at radius 1 is 1.19 bits per heavy atom. The Balaban J connectivity index is 2.21. The quantitative estimate of drug-likeness (QED) is 0.938. The molecule has 21 heavy (non-hydrogen) atoms. The van der Waals surface area contributed by atoms with E-state index in [0.29, 0.717) is 11.1 Å². The zero-order valence-electron chi connectivity index (χ0n) is 11.3. The summed E-state index contributed by atoms with van der Waals surface area (Å²) in [4.78, 5) is 0.174. The van der Waals surface area contributed by atoms with E-state index in [1.165, 1.54) is 30.3 Å². The van der Waals surface area contributed by atoms with Crippen molar-refractivity contribution in [3.05, 3.63) is 64.4 Å². The summed E-state index contributed by atoms with van der Waals surface area (Å²) in [7, 11) is -3.28. The van der Waals surface area contributed by atoms with Gasteiger partial charge in [-0.05, 0) is 29.3 Å². The van der Waals surface area contributed by atoms with Crippen LogP contribution in [0.3, 0.4) is 0 Å². The summed E-state index contributed by atoms with van der Waals surface area (Å²) < 4.78 is 36.5. The third-order valence-electron chi connectivity index (χ3n) is 3.14. The van der Waals surface area contributed by atoms with Gasteiger partial charge in [0.1, 0.15) is 5.82 Å². The van der Waals surface area contributed by atoms with E-state index in [0.717, 1.165) is 6.26 Å². The fourth-order valence-electron chi connectivity index (χ4n) is 1.97. The molecule has 112 valence electrons. The normalized spacial score (nSPS) is 13.1. The van der Waals surface area contributed by atoms with E-state index in [2.05, 4.69) is 0 Å². The number of aliphatic hydroxyl groups excluding tert-OH is 1. The van der Waals surface area contributed by atoms with Gasteiger partial charge in [-0.15, -0.1) is 0 Å². The average Bonchev–Trinajstić information content (AvgIpc) is 2.43. The van der Waals surface area contributed by atoms with E-state index in [-0.39, 0.29) is 16.3 Å². The number of sulfone groups is 1. The lowest BCUT2D eigenvalue weighted by molar-refractivity contribution is 0.177. The molecule has 1 N–H and O–H groups in total. The third kappa shape index (κ3) is 3.81. The summed E-state index contributed by atoms with van der Waals surface area (Å²) in [6, 6.07) is 10.5. The first-order valence-corrected chi connectivity index (χ1v) is 8.47. The van der Waals surface area contributed by atoms with Crippen molar-refractivity contribution in [2.24, 2.45) is 0 Å². The van der Waals surface area contributed by atoms with Gasteiger partial charge in [0.2, 0.25) is 0 Å². The molecule has 0 aromatic heterocycles. The number of hydrogen-bond donors (Lipinski definition) is 1. The number of aliphatic hydroxyl groups is 1. The molecule has 6 heteroatoms. The zero-order chi connectivity index (χ0) is 15.6. The van der Waals surface area contributed by atoms with E-state index in [1.54, 1.807) is 12.1 Å². The molecule has 2 aromatic rings. The Labute approximate surface area is 127 Å². The number of halogens is 2. The lowest BCUT2D eigenvalue weighted by Crippen LogP contribution is -2.05. The second-order valence-corrected chi connectivity index (χ2v) is 7.20. The first-order chi connectivity index (χ1) is 9.79. The maximum absolute atomic E-state index is 13.8. The molecule has 0 bridgehead atoms. The molecule has 0 saturated heterocycles. The van der Waals surface area contributed by atoms with Crippen molar-refractivity contribution in [2.45, 2.75) is 17.4 Å². The smallest absolute Gasteiger partial charge is 0.175 e. The van der Waals surface area contributed by atoms with Gasteiger partial charge >= 0.3 is 0 Å². The van der Waals surface area contributed by atoms with Crippen LogP contribution < -0.4 is 0 Å². The molecule has 0 heterocycles. The van der Waals surface area contributed by atoms with Crippen molar-refractivity contribution in [1.82, 2.24) is 0 Å². The molecule has 1 unspecified atom stereocenters. The van der Waals surface area contributed by atoms with Crippen molar-refractivity contribution in [3.8, 4) is 0 Å². The molecule has 3 nitrogen and oxygen atoms in total. The average molecular weight is 329 g/mol. The summed E-state index contributed by atoms with van der Waals surface area (Å²) in [6.07, 6.45) is 0.233. The highest BCUT2D eigenvalue weighted by atomic mass is 35.5. The molecule has 1 atom stereocenters. The summed E-state index contributed by atoms with van der Waals surface area (Å²) in [5, 5.41) is 10.1. The molecule has 0 aliphatic heterocycles. The molecule has 2 rings (SSSR count). The third-order valence-corrected chi connectivity index (χ3v) is 4.56. The van der Waals surface area contributed by atoms with Crippen molar-refractivity contribution in [1.29, 1.82) is 0 Å². The van der Waals surface area contributed by atoms with Gasteiger partial charge in [0.25, 0.3) is 0 Å². The monoisotopic (exact) mass is 328 g/mol. The summed E-state index contributed by atoms with van der Waals surface area (Å²) in [6.45, 7) is 0. The Bertz CT molecular complexity index is 742. The van der Waals surface area contributed by atoms with Crippen LogP contribution in [0.4, 0.5) is 4.39 Å². The van der Waals surface area contributed by atoms with Crippen LogP contribution in [0.1, 0.15) is 17.2 Å². The number of rotatable bonds is 4. The number of benzene rings is 2. The highest BCUT2D eigenvalue weighted by molar-refractivity contribution is 7.90. The van der Waals surface area contributed by atoms with Gasteiger partial charge in [0.05, 0.1) is 16.0 Å². The Hall–Kier alpha value is -1.43. The van der Waals surface area contributed by atoms with Gasteiger partial charge in [-0.3, -0.25) is 0 Å². The minimum atomic E-state index is -3.28. The van der Waals surface area contributed by atoms with Gasteiger partial charge in [-0.2, -0.15) is 0 Å². The standard InChI is InChI=1S/C15H14ClFO3S/c1-21(19,20)12-7-5-10(6-8-12)14(18)9-11-3-2-4-13(16)15(11)17/h2-8,14,18H,9H2,1H3. The molecule has 0 aliphatic carbocycles. The second-order valence-electron chi connectivity index (χ2n) is 4.77. The van der Waals surface area contributed by atoms with E-state index in [1.807, 2.05) is 0 Å². The van der Waals surface area contributed by atoms with Gasteiger partial charge in [0.15, 0.2) is 9.84 Å². The van der Waals surface area contributed by atoms with Gasteiger partial charge in [-0.25, -0.2) is 12.8 Å². The van der Waals surface area contributed by atoms with Crippen LogP contribution in [0.25, 0.3) is 0 Å². The fourth-order valence-corrected chi connectivity index (χ4v) is 2.79. The van der Waals surface area contributed by atoms with Crippen LogP contribution in [-0.4, -0.2) is 19.8 Å². The predicted octanol–water partition coefficient (Wildman–Crippen LogP) is 3.16. The maximum atomic E-state index is 13.8. The largest absolute Gasteiger partial charge is 0.388 e. The zero-order valence-corrected chi connectivity index (χ0v) is 12.8.